The number of fused-ring (bicyclic) bond motifs is 2. The number of carboxylic acid groups (broad SMARTS) is 3. The van der Waals surface area contributed by atoms with Gasteiger partial charge in [-0.3, -0.25) is 43.3 Å². The van der Waals surface area contributed by atoms with Gasteiger partial charge in [0.15, 0.2) is 11.9 Å². The molecule has 5 atom stereocenters. The van der Waals surface area contributed by atoms with Gasteiger partial charge in [0, 0.05) is 61.8 Å². The van der Waals surface area contributed by atoms with Gasteiger partial charge in [0.2, 0.25) is 5.91 Å². The molecule has 2 aliphatic heterocycles. The number of nitrogens with two attached hydrogens (primary N) is 1. The van der Waals surface area contributed by atoms with Gasteiger partial charge >= 0.3 is 29.8 Å². The Balaban J connectivity index is 0.000000332. The molecule has 0 radical (unpaired) electrons. The van der Waals surface area contributed by atoms with Gasteiger partial charge < -0.3 is 40.4 Å². The first-order valence-corrected chi connectivity index (χ1v) is 23.8. The van der Waals surface area contributed by atoms with Crippen LogP contribution in [-0.2, 0) is 54.2 Å². The molecule has 5 unspecified atom stereocenters. The van der Waals surface area contributed by atoms with Crippen molar-refractivity contribution in [1.29, 1.82) is 0 Å². The average molecular weight is 1020 g/mol. The highest BCUT2D eigenvalue weighted by Gasteiger charge is 2.54. The van der Waals surface area contributed by atoms with Crippen LogP contribution in [0.3, 0.4) is 0 Å². The number of benzene rings is 3. The number of Topliss-reactive ketones (excluding diaryl/α,β-unsaturated/α-hetero) is 1. The fourth-order valence-electron chi connectivity index (χ4n) is 8.19. The number of carbonyl (C=O) groups excluding carboxylic acids is 6. The Hall–Kier alpha value is -7.31. The van der Waals surface area contributed by atoms with Crippen LogP contribution < -0.4 is 5.73 Å². The van der Waals surface area contributed by atoms with Gasteiger partial charge in [-0.05, 0) is 87.3 Å². The van der Waals surface area contributed by atoms with E-state index >= 15 is 0 Å². The van der Waals surface area contributed by atoms with Crippen LogP contribution in [0.1, 0.15) is 119 Å². The maximum absolute atomic E-state index is 13.4. The van der Waals surface area contributed by atoms with E-state index in [-0.39, 0.29) is 49.1 Å². The molecule has 0 spiro atoms. The third kappa shape index (κ3) is 20.7. The van der Waals surface area contributed by atoms with Crippen molar-refractivity contribution >= 4 is 53.4 Å². The Labute approximate surface area is 426 Å². The van der Waals surface area contributed by atoms with Gasteiger partial charge in [-0.25, -0.2) is 4.79 Å². The molecule has 2 bridgehead atoms. The standard InChI is InChI=1S/C22H34O5.C9H10O2.C7H7NO4.C7H7NO.C7H6O2.C3H6O2/c1-13-8-10-22(25)11-9-16(6-7-17-14(2)12-26-17)19(24)20(27-15(3)23)18(13)21(22,4)5;10-9(11)7-6-8-4-2-1-3-5-8;9-5-1-2-6(10)8(5)4-3-7(11)12;2*8-7(9)6-4-2-1-3-5-6;1-3(4)5-2/h14,16-17,20,25H,6-12H2,1-5H3;1-5H,6-7H2,(H,10,11);1-2H,3-4H2,(H,11,12);1-5H,(H2,8,9);1-5H,(H,8,9);1-2H3. The lowest BCUT2D eigenvalue weighted by molar-refractivity contribution is -0.159. The lowest BCUT2D eigenvalue weighted by Crippen LogP contribution is -2.55. The molecule has 2 fully saturated rings. The van der Waals surface area contributed by atoms with Crippen molar-refractivity contribution in [1.82, 2.24) is 4.90 Å². The number of methoxy groups -OCH3 is 1. The Morgan fingerprint density at radius 2 is 1.26 bits per heavy atom. The van der Waals surface area contributed by atoms with Crippen molar-refractivity contribution in [3.63, 3.8) is 0 Å². The zero-order valence-corrected chi connectivity index (χ0v) is 42.6. The summed E-state index contributed by atoms with van der Waals surface area (Å²) in [6, 6.07) is 26.7. The summed E-state index contributed by atoms with van der Waals surface area (Å²) in [5.41, 5.74) is 7.35. The highest BCUT2D eigenvalue weighted by Crippen LogP contribution is 2.53. The summed E-state index contributed by atoms with van der Waals surface area (Å²) in [5, 5.41) is 36.5. The van der Waals surface area contributed by atoms with Crippen LogP contribution in [0.25, 0.3) is 0 Å². The summed E-state index contributed by atoms with van der Waals surface area (Å²) in [5.74, 6) is -4.30. The maximum Gasteiger partial charge on any atom is 0.335 e. The van der Waals surface area contributed by atoms with E-state index in [1.165, 1.54) is 21.0 Å². The Bertz CT molecular complexity index is 2330. The van der Waals surface area contributed by atoms with Crippen LogP contribution in [0.4, 0.5) is 0 Å². The predicted molar refractivity (Wildman–Crippen MR) is 269 cm³/mol. The van der Waals surface area contributed by atoms with E-state index < -0.39 is 52.8 Å². The van der Waals surface area contributed by atoms with Crippen molar-refractivity contribution in [3.05, 3.63) is 131 Å². The summed E-state index contributed by atoms with van der Waals surface area (Å²) < 4.78 is 15.3. The molecule has 0 aromatic heterocycles. The molecule has 18 heteroatoms. The fraction of sp³-hybridized carbons (Fsp3) is 0.436. The van der Waals surface area contributed by atoms with E-state index in [1.54, 1.807) is 54.6 Å². The van der Waals surface area contributed by atoms with E-state index in [2.05, 4.69) is 11.7 Å². The first-order valence-electron chi connectivity index (χ1n) is 23.8. The summed E-state index contributed by atoms with van der Waals surface area (Å²) in [7, 11) is 1.35. The number of amides is 3. The number of aromatic carboxylic acids is 1. The number of imide groups is 1. The van der Waals surface area contributed by atoms with Gasteiger partial charge in [-0.1, -0.05) is 93.1 Å². The number of carbonyl (C=O) groups is 9. The smallest absolute Gasteiger partial charge is 0.335 e. The number of aliphatic hydroxyl groups is 1. The van der Waals surface area contributed by atoms with Crippen LogP contribution in [0.2, 0.25) is 0 Å². The SMILES string of the molecule is CC(=O)OC1C(=O)C(CCC2OCC2C)CCC2(O)CCC(C)=C1C2(C)C.COC(C)=O.NC(=O)c1ccccc1.O=C(O)CCN1C(=O)C=CC1=O.O=C(O)CCc1ccccc1.O=C(O)c1ccccc1. The van der Waals surface area contributed by atoms with Gasteiger partial charge in [-0.2, -0.15) is 0 Å². The van der Waals surface area contributed by atoms with Crippen LogP contribution in [-0.4, -0.2) is 117 Å². The first-order chi connectivity index (χ1) is 34.3. The molecule has 3 amide bonds. The maximum atomic E-state index is 13.4. The Morgan fingerprint density at radius 3 is 1.66 bits per heavy atom. The van der Waals surface area contributed by atoms with Crippen molar-refractivity contribution < 1.29 is 77.8 Å². The van der Waals surface area contributed by atoms with Crippen LogP contribution in [0.15, 0.2) is 114 Å². The summed E-state index contributed by atoms with van der Waals surface area (Å²) in [6.07, 6.45) is 6.42. The van der Waals surface area contributed by atoms with Crippen LogP contribution >= 0.6 is 0 Å². The van der Waals surface area contributed by atoms with E-state index in [0.717, 1.165) is 53.2 Å². The third-order valence-corrected chi connectivity index (χ3v) is 12.6. The number of aliphatic carboxylic acids is 2. The zero-order valence-electron chi connectivity index (χ0n) is 42.6. The van der Waals surface area contributed by atoms with Gasteiger partial charge in [0.1, 0.15) is 0 Å². The molecular formula is C55H70N2O16. The van der Waals surface area contributed by atoms with Crippen molar-refractivity contribution in [2.75, 3.05) is 20.3 Å². The molecule has 1 saturated carbocycles. The number of primary amides is 1. The Kier molecular flexibility index (Phi) is 25.9. The minimum atomic E-state index is -1.03. The zero-order chi connectivity index (χ0) is 54.9. The molecule has 2 aliphatic carbocycles. The molecule has 73 heavy (non-hydrogen) atoms. The van der Waals surface area contributed by atoms with Gasteiger partial charge in [-0.15, -0.1) is 0 Å². The summed E-state index contributed by atoms with van der Waals surface area (Å²) in [6.45, 7) is 11.6. The average Bonchev–Trinajstić information content (AvgIpc) is 3.68. The lowest BCUT2D eigenvalue weighted by Gasteiger charge is -2.52. The molecule has 3 aromatic carbocycles. The molecular weight excluding hydrogens is 945 g/mol. The monoisotopic (exact) mass is 1010 g/mol. The molecule has 18 nitrogen and oxygen atoms in total. The van der Waals surface area contributed by atoms with E-state index in [9.17, 15) is 48.3 Å². The molecule has 2 heterocycles. The molecule has 3 aromatic rings. The van der Waals surface area contributed by atoms with Crippen LogP contribution in [0, 0.1) is 17.3 Å². The van der Waals surface area contributed by atoms with Gasteiger partial charge in [0.05, 0.1) is 37.4 Å². The largest absolute Gasteiger partial charge is 0.481 e. The minimum absolute atomic E-state index is 0.0106. The highest BCUT2D eigenvalue weighted by atomic mass is 16.5. The molecule has 1 saturated heterocycles. The minimum Gasteiger partial charge on any atom is -0.481 e. The summed E-state index contributed by atoms with van der Waals surface area (Å²) in [4.78, 5) is 98.3. The van der Waals surface area contributed by atoms with Crippen molar-refractivity contribution in [3.8, 4) is 0 Å². The van der Waals surface area contributed by atoms with Gasteiger partial charge in [0.25, 0.3) is 11.8 Å². The molecule has 6 N–H and O–H groups in total. The second-order valence-corrected chi connectivity index (χ2v) is 18.2. The highest BCUT2D eigenvalue weighted by molar-refractivity contribution is 6.13. The second-order valence-electron chi connectivity index (χ2n) is 18.2. The lowest BCUT2D eigenvalue weighted by atomic mass is 9.57. The third-order valence-electron chi connectivity index (χ3n) is 12.6. The van der Waals surface area contributed by atoms with E-state index in [4.69, 9.17) is 30.5 Å². The number of hydrogen-bond acceptors (Lipinski definition) is 13. The first kappa shape index (κ1) is 61.8. The van der Waals surface area contributed by atoms with Crippen molar-refractivity contribution in [2.24, 2.45) is 23.0 Å². The number of ketones is 1. The number of aryl methyl sites for hydroxylation is 1. The second kappa shape index (κ2) is 30.5. The molecule has 396 valence electrons. The van der Waals surface area contributed by atoms with Crippen molar-refractivity contribution in [2.45, 2.75) is 117 Å². The number of carboxylic acids is 3. The quantitative estimate of drug-likeness (QED) is 0.0692. The number of ether oxygens (including phenoxy) is 3. The number of rotatable bonds is 12. The summed E-state index contributed by atoms with van der Waals surface area (Å²) >= 11 is 0. The fourth-order valence-corrected chi connectivity index (χ4v) is 8.19. The number of nitrogens with zero attached hydrogens (tertiary/aromatic N) is 1. The number of hydrogen-bond donors (Lipinski definition) is 5. The van der Waals surface area contributed by atoms with E-state index in [1.807, 2.05) is 57.2 Å². The topological polar surface area (TPSA) is 292 Å². The Morgan fingerprint density at radius 1 is 0.753 bits per heavy atom. The van der Waals surface area contributed by atoms with Crippen LogP contribution in [0.5, 0.6) is 0 Å². The molecule has 7 rings (SSSR count). The predicted octanol–water partition coefficient (Wildman–Crippen LogP) is 7.02. The van der Waals surface area contributed by atoms with E-state index in [0.29, 0.717) is 49.1 Å². The molecule has 4 aliphatic rings. The number of esters is 2. The normalized spacial score (nSPS) is 21.0. The number of allylic oxidation sites excluding steroid dienone is 1.